The van der Waals surface area contributed by atoms with E-state index < -0.39 is 0 Å². The van der Waals surface area contributed by atoms with Crippen LogP contribution in [-0.4, -0.2) is 11.6 Å². The zero-order chi connectivity index (χ0) is 12.6. The van der Waals surface area contributed by atoms with Gasteiger partial charge in [0.05, 0.1) is 0 Å². The number of carbonyl (C=O) groups excluding carboxylic acids is 2. The van der Waals surface area contributed by atoms with Crippen molar-refractivity contribution in [3.05, 3.63) is 11.1 Å². The zero-order valence-corrected chi connectivity index (χ0v) is 11.1. The van der Waals surface area contributed by atoms with Crippen molar-refractivity contribution in [2.75, 3.05) is 0 Å². The van der Waals surface area contributed by atoms with Gasteiger partial charge in [0.1, 0.15) is 0 Å². The number of Topliss-reactive ketones (excluding diaryl/α,β-unsaturated/α-hetero) is 2. The van der Waals surface area contributed by atoms with Gasteiger partial charge in [-0.05, 0) is 30.1 Å². The molecule has 3 aliphatic carbocycles. The van der Waals surface area contributed by atoms with Crippen LogP contribution in [0.1, 0.15) is 47.0 Å². The largest absolute Gasteiger partial charge is 0.294 e. The highest BCUT2D eigenvalue weighted by Gasteiger charge is 2.62. The second-order valence-corrected chi connectivity index (χ2v) is 7.05. The van der Waals surface area contributed by atoms with E-state index in [1.54, 1.807) is 0 Å². The first-order valence-electron chi connectivity index (χ1n) is 6.60. The minimum absolute atomic E-state index is 0.0284. The Hall–Kier alpha value is -0.920. The van der Waals surface area contributed by atoms with E-state index in [9.17, 15) is 9.59 Å². The summed E-state index contributed by atoms with van der Waals surface area (Å²) in [5.74, 6) is 1.16. The Balaban J connectivity index is 2.21. The van der Waals surface area contributed by atoms with Crippen molar-refractivity contribution in [1.82, 2.24) is 0 Å². The first-order chi connectivity index (χ1) is 7.77. The lowest BCUT2D eigenvalue weighted by molar-refractivity contribution is -0.124. The van der Waals surface area contributed by atoms with E-state index in [0.717, 1.165) is 24.0 Å². The van der Waals surface area contributed by atoms with Gasteiger partial charge in [-0.3, -0.25) is 9.59 Å². The summed E-state index contributed by atoms with van der Waals surface area (Å²) in [4.78, 5) is 24.8. The molecule has 3 atom stereocenters. The summed E-state index contributed by atoms with van der Waals surface area (Å²) in [7, 11) is 0. The summed E-state index contributed by atoms with van der Waals surface area (Å²) in [6.07, 6.45) is 2.59. The molecule has 0 N–H and O–H groups in total. The minimum atomic E-state index is -0.279. The van der Waals surface area contributed by atoms with Gasteiger partial charge < -0.3 is 0 Å². The van der Waals surface area contributed by atoms with Crippen LogP contribution in [0.5, 0.6) is 0 Å². The third-order valence-corrected chi connectivity index (χ3v) is 5.13. The van der Waals surface area contributed by atoms with Gasteiger partial charge in [0.25, 0.3) is 0 Å². The molecule has 92 valence electrons. The average Bonchev–Trinajstić information content (AvgIpc) is 2.71. The van der Waals surface area contributed by atoms with E-state index in [0.29, 0.717) is 12.3 Å². The Morgan fingerprint density at radius 2 is 1.76 bits per heavy atom. The van der Waals surface area contributed by atoms with Crippen molar-refractivity contribution in [3.8, 4) is 0 Å². The molecular formula is C15H20O2. The molecule has 0 spiro atoms. The summed E-state index contributed by atoms with van der Waals surface area (Å²) in [6.45, 7) is 8.29. The van der Waals surface area contributed by atoms with Gasteiger partial charge in [0.2, 0.25) is 0 Å². The van der Waals surface area contributed by atoms with Gasteiger partial charge in [-0.15, -0.1) is 0 Å². The minimum Gasteiger partial charge on any atom is -0.294 e. The fourth-order valence-electron chi connectivity index (χ4n) is 3.97. The maximum Gasteiger partial charge on any atom is 0.165 e. The van der Waals surface area contributed by atoms with E-state index in [4.69, 9.17) is 0 Å². The van der Waals surface area contributed by atoms with Gasteiger partial charge >= 0.3 is 0 Å². The number of rotatable bonds is 0. The van der Waals surface area contributed by atoms with E-state index >= 15 is 0 Å². The predicted octanol–water partition coefficient (Wildman–Crippen LogP) is 2.92. The van der Waals surface area contributed by atoms with Gasteiger partial charge in [-0.25, -0.2) is 0 Å². The summed E-state index contributed by atoms with van der Waals surface area (Å²) < 4.78 is 0. The van der Waals surface area contributed by atoms with Crippen LogP contribution >= 0.6 is 0 Å². The quantitative estimate of drug-likeness (QED) is 0.643. The molecule has 3 aliphatic rings. The molecule has 1 unspecified atom stereocenters. The lowest BCUT2D eigenvalue weighted by atomic mass is 9.78. The smallest absolute Gasteiger partial charge is 0.165 e. The van der Waals surface area contributed by atoms with Crippen LogP contribution in [0.3, 0.4) is 0 Å². The van der Waals surface area contributed by atoms with E-state index in [1.165, 1.54) is 0 Å². The molecule has 1 fully saturated rings. The van der Waals surface area contributed by atoms with Crippen molar-refractivity contribution in [2.24, 2.45) is 22.7 Å². The normalized spacial score (nSPS) is 43.3. The first-order valence-corrected chi connectivity index (χ1v) is 6.60. The zero-order valence-electron chi connectivity index (χ0n) is 11.1. The maximum atomic E-state index is 12.6. The van der Waals surface area contributed by atoms with Crippen LogP contribution < -0.4 is 0 Å². The molecular weight excluding hydrogens is 212 g/mol. The Morgan fingerprint density at radius 3 is 2.41 bits per heavy atom. The molecule has 0 heterocycles. The molecule has 17 heavy (non-hydrogen) atoms. The Morgan fingerprint density at radius 1 is 1.12 bits per heavy atom. The average molecular weight is 232 g/mol. The SMILES string of the molecule is CC1CC(=O)C2=C1C(=O)C(C)(C)C[C@H]1C[C@@]21C. The third kappa shape index (κ3) is 1.27. The van der Waals surface area contributed by atoms with Crippen LogP contribution in [0, 0.1) is 22.7 Å². The number of hydrogen-bond acceptors (Lipinski definition) is 2. The second-order valence-electron chi connectivity index (χ2n) is 7.05. The first kappa shape index (κ1) is 11.2. The summed E-state index contributed by atoms with van der Waals surface area (Å²) >= 11 is 0. The lowest BCUT2D eigenvalue weighted by Crippen LogP contribution is -2.27. The lowest BCUT2D eigenvalue weighted by Gasteiger charge is -2.24. The summed E-state index contributed by atoms with van der Waals surface area (Å²) in [5.41, 5.74) is 1.53. The molecule has 0 aromatic heterocycles. The fraction of sp³-hybridized carbons (Fsp3) is 0.733. The highest BCUT2D eigenvalue weighted by atomic mass is 16.1. The van der Waals surface area contributed by atoms with Crippen molar-refractivity contribution < 1.29 is 9.59 Å². The van der Waals surface area contributed by atoms with Crippen molar-refractivity contribution >= 4 is 11.6 Å². The van der Waals surface area contributed by atoms with Gasteiger partial charge in [-0.2, -0.15) is 0 Å². The molecule has 0 radical (unpaired) electrons. The number of fused-ring (bicyclic) bond motifs is 2. The topological polar surface area (TPSA) is 34.1 Å². The molecule has 0 aromatic rings. The van der Waals surface area contributed by atoms with E-state index in [1.807, 2.05) is 20.8 Å². The number of allylic oxidation sites excluding steroid dienone is 2. The molecule has 2 heteroatoms. The van der Waals surface area contributed by atoms with Crippen LogP contribution in [-0.2, 0) is 9.59 Å². The second kappa shape index (κ2) is 2.90. The standard InChI is InChI=1S/C15H20O2/c1-8-5-10(16)12-11(8)13(17)14(2,3)6-9-7-15(9,12)4/h8-9H,5-7H2,1-4H3/t8?,9-,15+/m0/s1. The van der Waals surface area contributed by atoms with Crippen molar-refractivity contribution in [3.63, 3.8) is 0 Å². The van der Waals surface area contributed by atoms with Crippen molar-refractivity contribution in [2.45, 2.75) is 47.0 Å². The number of ketones is 2. The highest BCUT2D eigenvalue weighted by Crippen LogP contribution is 2.66. The third-order valence-electron chi connectivity index (χ3n) is 5.13. The van der Waals surface area contributed by atoms with E-state index in [-0.39, 0.29) is 28.3 Å². The Kier molecular flexibility index (Phi) is 1.91. The molecule has 0 saturated heterocycles. The van der Waals surface area contributed by atoms with Crippen LogP contribution in [0.15, 0.2) is 11.1 Å². The molecule has 0 bridgehead atoms. The Bertz CT molecular complexity index is 469. The van der Waals surface area contributed by atoms with Crippen molar-refractivity contribution in [1.29, 1.82) is 0 Å². The molecule has 1 saturated carbocycles. The van der Waals surface area contributed by atoms with E-state index in [2.05, 4.69) is 6.92 Å². The predicted molar refractivity (Wildman–Crippen MR) is 65.4 cm³/mol. The van der Waals surface area contributed by atoms with Crippen LogP contribution in [0.4, 0.5) is 0 Å². The summed E-state index contributed by atoms with van der Waals surface area (Å²) in [6, 6.07) is 0. The Labute approximate surface area is 102 Å². The van der Waals surface area contributed by atoms with Crippen LogP contribution in [0.2, 0.25) is 0 Å². The molecule has 2 nitrogen and oxygen atoms in total. The molecule has 3 rings (SSSR count). The maximum absolute atomic E-state index is 12.6. The molecule has 0 aliphatic heterocycles. The van der Waals surface area contributed by atoms with Gasteiger partial charge in [0, 0.05) is 23.0 Å². The molecule has 0 amide bonds. The summed E-state index contributed by atoms with van der Waals surface area (Å²) in [5, 5.41) is 0. The molecule has 0 aromatic carbocycles. The fourth-order valence-corrected chi connectivity index (χ4v) is 3.97. The van der Waals surface area contributed by atoms with Crippen LogP contribution in [0.25, 0.3) is 0 Å². The van der Waals surface area contributed by atoms with Gasteiger partial charge in [-0.1, -0.05) is 27.7 Å². The van der Waals surface area contributed by atoms with Gasteiger partial charge in [0.15, 0.2) is 11.6 Å². The number of carbonyl (C=O) groups is 2. The number of hydrogen-bond donors (Lipinski definition) is 0. The highest BCUT2D eigenvalue weighted by molar-refractivity contribution is 6.13. The monoisotopic (exact) mass is 232 g/mol.